The summed E-state index contributed by atoms with van der Waals surface area (Å²) in [6.45, 7) is 17.3. The maximum Gasteiger partial charge on any atom is 0.0894 e. The number of hydrogen-bond acceptors (Lipinski definition) is 7. The Morgan fingerprint density at radius 2 is 1.91 bits per heavy atom. The van der Waals surface area contributed by atoms with Crippen molar-refractivity contribution >= 4 is 11.3 Å². The number of aromatic nitrogens is 2. The SMILES string of the molecule is C=C(CC)c1nc(-c2ccc(C(C)C)nc2CNN2CCOCC2)ccc1NC(C)COC. The summed E-state index contributed by atoms with van der Waals surface area (Å²) in [6, 6.07) is 8.60. The Bertz CT molecular complexity index is 925. The average molecular weight is 454 g/mol. The van der Waals surface area contributed by atoms with Crippen LogP contribution < -0.4 is 10.7 Å². The van der Waals surface area contributed by atoms with E-state index in [4.69, 9.17) is 19.4 Å². The first-order valence-corrected chi connectivity index (χ1v) is 11.9. The summed E-state index contributed by atoms with van der Waals surface area (Å²) in [4.78, 5) is 10.1. The van der Waals surface area contributed by atoms with Gasteiger partial charge in [-0.25, -0.2) is 15.4 Å². The summed E-state index contributed by atoms with van der Waals surface area (Å²) in [6.07, 6.45) is 0.833. The van der Waals surface area contributed by atoms with Crippen molar-refractivity contribution in [2.75, 3.05) is 45.3 Å². The molecule has 0 aliphatic carbocycles. The molecule has 0 aromatic carbocycles. The van der Waals surface area contributed by atoms with Gasteiger partial charge >= 0.3 is 0 Å². The maximum atomic E-state index is 5.47. The molecule has 0 spiro atoms. The number of morpholine rings is 1. The van der Waals surface area contributed by atoms with Gasteiger partial charge in [0.1, 0.15) is 0 Å². The third-order valence-electron chi connectivity index (χ3n) is 5.82. The van der Waals surface area contributed by atoms with Crippen LogP contribution in [-0.2, 0) is 16.0 Å². The van der Waals surface area contributed by atoms with Crippen molar-refractivity contribution < 1.29 is 9.47 Å². The molecule has 7 heteroatoms. The number of allylic oxidation sites excluding steroid dienone is 1. The van der Waals surface area contributed by atoms with Crippen LogP contribution in [0, 0.1) is 0 Å². The lowest BCUT2D eigenvalue weighted by Gasteiger charge is -2.27. The van der Waals surface area contributed by atoms with E-state index in [9.17, 15) is 0 Å². The molecule has 0 bridgehead atoms. The van der Waals surface area contributed by atoms with Crippen molar-refractivity contribution in [1.82, 2.24) is 20.4 Å². The average Bonchev–Trinajstić information content (AvgIpc) is 2.83. The first kappa shape index (κ1) is 25.3. The van der Waals surface area contributed by atoms with Crippen LogP contribution in [0.4, 0.5) is 5.69 Å². The fraction of sp³-hybridized carbons (Fsp3) is 0.538. The van der Waals surface area contributed by atoms with Crippen LogP contribution in [-0.4, -0.2) is 61.0 Å². The summed E-state index contributed by atoms with van der Waals surface area (Å²) in [5, 5.41) is 5.72. The molecule has 1 atom stereocenters. The zero-order valence-electron chi connectivity index (χ0n) is 20.8. The van der Waals surface area contributed by atoms with E-state index in [-0.39, 0.29) is 6.04 Å². The number of anilines is 1. The van der Waals surface area contributed by atoms with Crippen LogP contribution in [0.1, 0.15) is 57.1 Å². The molecule has 3 rings (SSSR count). The van der Waals surface area contributed by atoms with Crippen LogP contribution in [0.5, 0.6) is 0 Å². The second-order valence-corrected chi connectivity index (χ2v) is 8.87. The molecule has 7 nitrogen and oxygen atoms in total. The predicted octanol–water partition coefficient (Wildman–Crippen LogP) is 4.47. The first-order valence-electron chi connectivity index (χ1n) is 11.9. The van der Waals surface area contributed by atoms with Gasteiger partial charge in [-0.3, -0.25) is 4.98 Å². The van der Waals surface area contributed by atoms with Crippen LogP contribution >= 0.6 is 0 Å². The van der Waals surface area contributed by atoms with Crippen molar-refractivity contribution in [1.29, 1.82) is 0 Å². The molecule has 0 radical (unpaired) electrons. The van der Waals surface area contributed by atoms with Gasteiger partial charge < -0.3 is 14.8 Å². The smallest absolute Gasteiger partial charge is 0.0894 e. The fourth-order valence-corrected chi connectivity index (χ4v) is 3.84. The standard InChI is InChI=1S/C26H39N5O2/c1-7-19(4)26-24(28-20(5)17-32-6)11-10-23(30-26)21-8-9-22(18(2)3)29-25(21)16-27-31-12-14-33-15-13-31/h8-11,18,20,27-28H,4,7,12-17H2,1-3,5-6H3. The van der Waals surface area contributed by atoms with Crippen LogP contribution in [0.25, 0.3) is 16.8 Å². The lowest BCUT2D eigenvalue weighted by atomic mass is 10.0. The molecule has 1 saturated heterocycles. The van der Waals surface area contributed by atoms with Gasteiger partial charge in [-0.1, -0.05) is 27.4 Å². The molecule has 1 fully saturated rings. The highest BCUT2D eigenvalue weighted by atomic mass is 16.5. The van der Waals surface area contributed by atoms with Crippen molar-refractivity contribution in [3.05, 3.63) is 47.9 Å². The first-order chi connectivity index (χ1) is 15.9. The van der Waals surface area contributed by atoms with E-state index in [1.165, 1.54) is 0 Å². The van der Waals surface area contributed by atoms with Crippen molar-refractivity contribution in [2.24, 2.45) is 0 Å². The highest BCUT2D eigenvalue weighted by Crippen LogP contribution is 2.30. The van der Waals surface area contributed by atoms with Crippen LogP contribution in [0.15, 0.2) is 30.8 Å². The van der Waals surface area contributed by atoms with Crippen LogP contribution in [0.2, 0.25) is 0 Å². The molecule has 2 aromatic rings. The van der Waals surface area contributed by atoms with Gasteiger partial charge in [0.05, 0.1) is 49.1 Å². The van der Waals surface area contributed by atoms with Crippen LogP contribution in [0.3, 0.4) is 0 Å². The number of rotatable bonds is 11. The second-order valence-electron chi connectivity index (χ2n) is 8.87. The molecule has 2 N–H and O–H groups in total. The molecule has 0 amide bonds. The third kappa shape index (κ3) is 6.84. The zero-order valence-corrected chi connectivity index (χ0v) is 20.8. The molecule has 0 saturated carbocycles. The molecule has 3 heterocycles. The number of methoxy groups -OCH3 is 1. The largest absolute Gasteiger partial charge is 0.383 e. The molecular weight excluding hydrogens is 414 g/mol. The number of pyridine rings is 2. The van der Waals surface area contributed by atoms with Crippen molar-refractivity contribution in [2.45, 2.75) is 52.6 Å². The summed E-state index contributed by atoms with van der Waals surface area (Å²) >= 11 is 0. The van der Waals surface area contributed by atoms with Gasteiger partial charge in [0.25, 0.3) is 0 Å². The quantitative estimate of drug-likeness (QED) is 0.520. The zero-order chi connectivity index (χ0) is 23.8. The van der Waals surface area contributed by atoms with Gasteiger partial charge in [-0.05, 0) is 49.1 Å². The minimum atomic E-state index is 0.173. The van der Waals surface area contributed by atoms with E-state index in [2.05, 4.69) is 74.3 Å². The van der Waals surface area contributed by atoms with E-state index < -0.39 is 0 Å². The van der Waals surface area contributed by atoms with Gasteiger partial charge in [0, 0.05) is 37.5 Å². The predicted molar refractivity (Wildman–Crippen MR) is 135 cm³/mol. The molecule has 1 aliphatic rings. The number of hydrogen-bond donors (Lipinski definition) is 2. The number of hydrazine groups is 1. The molecule has 2 aromatic heterocycles. The van der Waals surface area contributed by atoms with Gasteiger partial charge in [0.15, 0.2) is 0 Å². The number of ether oxygens (including phenoxy) is 2. The Hall–Kier alpha value is -2.32. The van der Waals surface area contributed by atoms with Crippen molar-refractivity contribution in [3.63, 3.8) is 0 Å². The Morgan fingerprint density at radius 3 is 2.58 bits per heavy atom. The van der Waals surface area contributed by atoms with E-state index >= 15 is 0 Å². The Kier molecular flexibility index (Phi) is 9.38. The number of nitrogens with one attached hydrogen (secondary N) is 2. The molecular formula is C26H39N5O2. The third-order valence-corrected chi connectivity index (χ3v) is 5.82. The fourth-order valence-electron chi connectivity index (χ4n) is 3.84. The Morgan fingerprint density at radius 1 is 1.15 bits per heavy atom. The number of nitrogens with zero attached hydrogens (tertiary/aromatic N) is 3. The Balaban J connectivity index is 1.94. The Labute approximate surface area is 198 Å². The van der Waals surface area contributed by atoms with Gasteiger partial charge in [-0.2, -0.15) is 0 Å². The summed E-state index contributed by atoms with van der Waals surface area (Å²) < 4.78 is 10.8. The lowest BCUT2D eigenvalue weighted by molar-refractivity contribution is 0.0104. The molecule has 1 unspecified atom stereocenters. The van der Waals surface area contributed by atoms with Gasteiger partial charge in [0.2, 0.25) is 0 Å². The monoisotopic (exact) mass is 453 g/mol. The van der Waals surface area contributed by atoms with E-state index in [1.54, 1.807) is 7.11 Å². The summed E-state index contributed by atoms with van der Waals surface area (Å²) in [7, 11) is 1.71. The minimum absolute atomic E-state index is 0.173. The molecule has 33 heavy (non-hydrogen) atoms. The van der Waals surface area contributed by atoms with Crippen molar-refractivity contribution in [3.8, 4) is 11.3 Å². The normalized spacial score (nSPS) is 15.6. The highest BCUT2D eigenvalue weighted by molar-refractivity contribution is 5.75. The molecule has 180 valence electrons. The maximum absolute atomic E-state index is 5.47. The van der Waals surface area contributed by atoms with E-state index in [0.717, 1.165) is 72.3 Å². The highest BCUT2D eigenvalue weighted by Gasteiger charge is 2.17. The second kappa shape index (κ2) is 12.2. The molecule has 1 aliphatic heterocycles. The minimum Gasteiger partial charge on any atom is -0.383 e. The lowest BCUT2D eigenvalue weighted by Crippen LogP contribution is -2.45. The summed E-state index contributed by atoms with van der Waals surface area (Å²) in [5.41, 5.74) is 10.5. The summed E-state index contributed by atoms with van der Waals surface area (Å²) in [5.74, 6) is 0.360. The van der Waals surface area contributed by atoms with E-state index in [1.807, 2.05) is 0 Å². The van der Waals surface area contributed by atoms with E-state index in [0.29, 0.717) is 19.1 Å². The van der Waals surface area contributed by atoms with Gasteiger partial charge in [-0.15, -0.1) is 0 Å². The topological polar surface area (TPSA) is 71.5 Å².